The van der Waals surface area contributed by atoms with Crippen molar-refractivity contribution >= 4 is 19.4 Å². The van der Waals surface area contributed by atoms with Gasteiger partial charge in [-0.1, -0.05) is 127 Å². The van der Waals surface area contributed by atoms with Gasteiger partial charge in [0, 0.05) is 6.61 Å². The molecule has 1 heterocycles. The van der Waals surface area contributed by atoms with Gasteiger partial charge < -0.3 is 14.0 Å². The molecule has 1 aromatic carbocycles. The number of unbranched alkanes of at least 4 members (excludes halogenated alkanes) is 15. The number of nitriles is 1. The quantitative estimate of drug-likeness (QED) is 0.0802. The molecular weight excluding hydrogens is 587 g/mol. The third kappa shape index (κ3) is 18.3. The Labute approximate surface area is 263 Å². The highest BCUT2D eigenvalue weighted by Crippen LogP contribution is 2.45. The molecule has 0 aliphatic heterocycles. The van der Waals surface area contributed by atoms with Crippen LogP contribution in [0.5, 0.6) is 11.5 Å². The van der Waals surface area contributed by atoms with Gasteiger partial charge >= 0.3 is 7.82 Å². The molecule has 0 amide bonds. The maximum atomic E-state index is 12.5. The van der Waals surface area contributed by atoms with Crippen LogP contribution in [0.2, 0.25) is 5.02 Å². The van der Waals surface area contributed by atoms with Crippen LogP contribution in [0, 0.1) is 11.3 Å². The first-order valence-corrected chi connectivity index (χ1v) is 17.8. The minimum atomic E-state index is -4.47. The van der Waals surface area contributed by atoms with Gasteiger partial charge in [0.2, 0.25) is 0 Å². The molecule has 0 aliphatic carbocycles. The van der Waals surface area contributed by atoms with Crippen LogP contribution in [0.4, 0.5) is 0 Å². The van der Waals surface area contributed by atoms with Gasteiger partial charge in [0.25, 0.3) is 0 Å². The van der Waals surface area contributed by atoms with E-state index < -0.39 is 13.9 Å². The number of pyridine rings is 1. The van der Waals surface area contributed by atoms with Crippen molar-refractivity contribution in [3.63, 3.8) is 0 Å². The molecule has 10 heteroatoms. The predicted octanol–water partition coefficient (Wildman–Crippen LogP) is 9.83. The molecular formula is C33H50ClN2O6P. The average Bonchev–Trinajstić information content (AvgIpc) is 3.00. The lowest BCUT2D eigenvalue weighted by atomic mass is 10.0. The molecule has 0 aliphatic rings. The summed E-state index contributed by atoms with van der Waals surface area (Å²) in [4.78, 5) is 14.2. The Morgan fingerprint density at radius 2 is 1.44 bits per heavy atom. The summed E-state index contributed by atoms with van der Waals surface area (Å²) in [5, 5.41) is 9.16. The van der Waals surface area contributed by atoms with Gasteiger partial charge in [-0.25, -0.2) is 9.55 Å². The molecule has 2 aromatic rings. The van der Waals surface area contributed by atoms with E-state index in [1.54, 1.807) is 24.3 Å². The summed E-state index contributed by atoms with van der Waals surface area (Å²) in [7, 11) is -4.47. The van der Waals surface area contributed by atoms with E-state index in [-0.39, 0.29) is 29.7 Å². The topological polar surface area (TPSA) is 111 Å². The number of halogens is 1. The number of hydrogen-bond acceptors (Lipinski definition) is 7. The number of nitrogens with zero attached hydrogens (tertiary/aromatic N) is 2. The Balaban J connectivity index is 1.60. The van der Waals surface area contributed by atoms with Gasteiger partial charge in [-0.15, -0.1) is 0 Å². The van der Waals surface area contributed by atoms with E-state index >= 15 is 0 Å². The van der Waals surface area contributed by atoms with Crippen molar-refractivity contribution in [2.45, 2.75) is 116 Å². The summed E-state index contributed by atoms with van der Waals surface area (Å²) in [5.74, 6) is 0.432. The van der Waals surface area contributed by atoms with Crippen molar-refractivity contribution in [1.29, 1.82) is 5.26 Å². The van der Waals surface area contributed by atoms with Crippen molar-refractivity contribution in [3.8, 4) is 17.6 Å². The molecule has 0 saturated heterocycles. The molecule has 0 radical (unpaired) electrons. The summed E-state index contributed by atoms with van der Waals surface area (Å²) >= 11 is 6.03. The van der Waals surface area contributed by atoms with Gasteiger partial charge in [0.15, 0.2) is 0 Å². The summed E-state index contributed by atoms with van der Waals surface area (Å²) in [5.41, 5.74) is 0.257. The number of ether oxygens (including phenoxy) is 2. The Hall–Kier alpha value is -2.14. The summed E-state index contributed by atoms with van der Waals surface area (Å²) in [6.07, 6.45) is 21.6. The van der Waals surface area contributed by atoms with E-state index in [4.69, 9.17) is 35.4 Å². The van der Waals surface area contributed by atoms with E-state index in [9.17, 15) is 9.46 Å². The van der Waals surface area contributed by atoms with E-state index in [1.165, 1.54) is 108 Å². The Morgan fingerprint density at radius 3 is 1.98 bits per heavy atom. The Kier molecular flexibility index (Phi) is 20.0. The zero-order valence-electron chi connectivity index (χ0n) is 25.8. The number of rotatable bonds is 26. The minimum Gasteiger partial charge on any atom is -0.484 e. The molecule has 1 N–H and O–H groups in total. The van der Waals surface area contributed by atoms with Crippen molar-refractivity contribution in [3.05, 3.63) is 53.3 Å². The van der Waals surface area contributed by atoms with Gasteiger partial charge in [0.05, 0.1) is 24.4 Å². The van der Waals surface area contributed by atoms with Gasteiger partial charge in [-0.05, 0) is 30.7 Å². The van der Waals surface area contributed by atoms with Crippen molar-refractivity contribution in [2.75, 3.05) is 19.8 Å². The first kappa shape index (κ1) is 37.0. The Bertz CT molecular complexity index is 1080. The molecule has 2 unspecified atom stereocenters. The first-order chi connectivity index (χ1) is 20.9. The summed E-state index contributed by atoms with van der Waals surface area (Å²) < 4.78 is 34.6. The Morgan fingerprint density at radius 1 is 0.860 bits per heavy atom. The second-order valence-electron chi connectivity index (χ2n) is 10.9. The monoisotopic (exact) mass is 636 g/mol. The zero-order chi connectivity index (χ0) is 31.0. The molecule has 8 nitrogen and oxygen atoms in total. The largest absolute Gasteiger partial charge is 0.527 e. The first-order valence-electron chi connectivity index (χ1n) is 16.0. The van der Waals surface area contributed by atoms with E-state index in [2.05, 4.69) is 11.9 Å². The number of para-hydroxylation sites is 1. The standard InChI is InChI=1S/C33H50ClN2O6P/c1-2-3-4-5-6-7-8-9-10-11-12-13-14-15-16-19-24-39-27-31(41-30-23-22-29(25-35)36-26-30)28-40-43(37,38)42-33-21-18-17-20-32(33)34/h17-18,20-23,26,31H,2-16,19,24,27-28H2,1H3,(H,37,38). The molecule has 0 fully saturated rings. The van der Waals surface area contributed by atoms with E-state index in [0.717, 1.165) is 12.8 Å². The smallest absolute Gasteiger partial charge is 0.484 e. The molecule has 240 valence electrons. The molecule has 0 spiro atoms. The van der Waals surface area contributed by atoms with Crippen LogP contribution in [0.25, 0.3) is 0 Å². The number of aromatic nitrogens is 1. The van der Waals surface area contributed by atoms with Crippen LogP contribution in [-0.4, -0.2) is 35.8 Å². The number of phosphoric ester groups is 1. The molecule has 0 saturated carbocycles. The van der Waals surface area contributed by atoms with Crippen LogP contribution in [-0.2, 0) is 13.8 Å². The van der Waals surface area contributed by atoms with Crippen LogP contribution >= 0.6 is 19.4 Å². The second-order valence-corrected chi connectivity index (χ2v) is 12.7. The predicted molar refractivity (Wildman–Crippen MR) is 172 cm³/mol. The SMILES string of the molecule is CCCCCCCCCCCCCCCCCCOCC(COP(=O)(O)Oc1ccccc1Cl)Oc1ccc(C#N)nc1. The number of benzene rings is 1. The summed E-state index contributed by atoms with van der Waals surface area (Å²) in [6, 6.07) is 11.4. The highest BCUT2D eigenvalue weighted by atomic mass is 35.5. The van der Waals surface area contributed by atoms with Crippen LogP contribution < -0.4 is 9.26 Å². The normalized spacial score (nSPS) is 13.3. The lowest BCUT2D eigenvalue weighted by molar-refractivity contribution is 0.0184. The highest BCUT2D eigenvalue weighted by Gasteiger charge is 2.27. The molecule has 1 aromatic heterocycles. The third-order valence-corrected chi connectivity index (χ3v) is 8.29. The lowest BCUT2D eigenvalue weighted by Gasteiger charge is -2.21. The van der Waals surface area contributed by atoms with Gasteiger partial charge in [-0.2, -0.15) is 5.26 Å². The fraction of sp³-hybridized carbons (Fsp3) is 0.636. The van der Waals surface area contributed by atoms with Crippen molar-refractivity contribution in [1.82, 2.24) is 4.98 Å². The fourth-order valence-corrected chi connectivity index (χ4v) is 5.68. The molecule has 2 rings (SSSR count). The van der Waals surface area contributed by atoms with Crippen LogP contribution in [0.1, 0.15) is 115 Å². The van der Waals surface area contributed by atoms with Gasteiger partial charge in [-0.3, -0.25) is 9.42 Å². The van der Waals surface area contributed by atoms with Crippen molar-refractivity contribution in [2.24, 2.45) is 0 Å². The average molecular weight is 637 g/mol. The van der Waals surface area contributed by atoms with Crippen molar-refractivity contribution < 1.29 is 28.0 Å². The zero-order valence-corrected chi connectivity index (χ0v) is 27.4. The minimum absolute atomic E-state index is 0.0449. The lowest BCUT2D eigenvalue weighted by Crippen LogP contribution is -2.29. The van der Waals surface area contributed by atoms with Crippen LogP contribution in [0.15, 0.2) is 42.6 Å². The van der Waals surface area contributed by atoms with Gasteiger partial charge in [0.1, 0.15) is 29.4 Å². The highest BCUT2D eigenvalue weighted by molar-refractivity contribution is 7.47. The number of phosphoric acid groups is 1. The fourth-order valence-electron chi connectivity index (χ4n) is 4.64. The maximum Gasteiger partial charge on any atom is 0.527 e. The maximum absolute atomic E-state index is 12.5. The summed E-state index contributed by atoms with van der Waals surface area (Å²) in [6.45, 7) is 2.70. The van der Waals surface area contributed by atoms with E-state index in [0.29, 0.717) is 12.4 Å². The molecule has 0 bridgehead atoms. The third-order valence-electron chi connectivity index (χ3n) is 7.07. The van der Waals surface area contributed by atoms with Crippen LogP contribution in [0.3, 0.4) is 0 Å². The van der Waals surface area contributed by atoms with E-state index in [1.807, 2.05) is 6.07 Å². The molecule has 2 atom stereocenters. The molecule has 43 heavy (non-hydrogen) atoms. The second kappa shape index (κ2) is 23.3. The number of hydrogen-bond donors (Lipinski definition) is 1.